The second-order valence-electron chi connectivity index (χ2n) is 3.41. The van der Waals surface area contributed by atoms with Crippen LogP contribution in [0.2, 0.25) is 0 Å². The second-order valence-corrected chi connectivity index (χ2v) is 3.41. The van der Waals surface area contributed by atoms with Gasteiger partial charge < -0.3 is 5.73 Å². The molecule has 0 atom stereocenters. The molecule has 1 aromatic carbocycles. The highest BCUT2D eigenvalue weighted by Gasteiger charge is 2.07. The van der Waals surface area contributed by atoms with E-state index in [1.807, 2.05) is 12.1 Å². The Balaban J connectivity index is 3.08. The van der Waals surface area contributed by atoms with Crippen molar-refractivity contribution in [2.45, 2.75) is 33.1 Å². The molecule has 0 aromatic heterocycles. The van der Waals surface area contributed by atoms with Gasteiger partial charge in [-0.15, -0.1) is 0 Å². The van der Waals surface area contributed by atoms with E-state index < -0.39 is 0 Å². The molecule has 0 saturated heterocycles. The van der Waals surface area contributed by atoms with Gasteiger partial charge in [0.05, 0.1) is 6.42 Å². The van der Waals surface area contributed by atoms with Crippen molar-refractivity contribution in [3.8, 4) is 0 Å². The van der Waals surface area contributed by atoms with Gasteiger partial charge in [-0.3, -0.25) is 4.79 Å². The molecule has 2 heteroatoms. The summed E-state index contributed by atoms with van der Waals surface area (Å²) in [4.78, 5) is 10.9. The lowest BCUT2D eigenvalue weighted by Crippen LogP contribution is -2.15. The molecule has 2 nitrogen and oxygen atoms in total. The molecule has 0 aliphatic carbocycles. The van der Waals surface area contributed by atoms with Crippen LogP contribution in [0.4, 0.5) is 0 Å². The van der Waals surface area contributed by atoms with Gasteiger partial charge in [0.2, 0.25) is 5.91 Å². The van der Waals surface area contributed by atoms with E-state index in [-0.39, 0.29) is 5.91 Å². The van der Waals surface area contributed by atoms with Crippen LogP contribution in [0.1, 0.15) is 30.5 Å². The van der Waals surface area contributed by atoms with Gasteiger partial charge in [-0.1, -0.05) is 32.0 Å². The minimum absolute atomic E-state index is 0.257. The van der Waals surface area contributed by atoms with Crippen LogP contribution in [-0.4, -0.2) is 5.91 Å². The maximum Gasteiger partial charge on any atom is 0.221 e. The highest BCUT2D eigenvalue weighted by molar-refractivity contribution is 5.77. The number of aryl methyl sites for hydroxylation is 1. The first-order chi connectivity index (χ1) is 6.69. The average Bonchev–Trinajstić information content (AvgIpc) is 2.16. The lowest BCUT2D eigenvalue weighted by Gasteiger charge is -2.10. The van der Waals surface area contributed by atoms with Gasteiger partial charge in [0.25, 0.3) is 0 Å². The van der Waals surface area contributed by atoms with Crippen LogP contribution in [0.25, 0.3) is 0 Å². The summed E-state index contributed by atoms with van der Waals surface area (Å²) in [7, 11) is 0. The number of amides is 1. The van der Waals surface area contributed by atoms with E-state index in [4.69, 9.17) is 5.73 Å². The Labute approximate surface area is 85.1 Å². The standard InChI is InChI=1S/C12H17NO/c1-3-9-6-5-7-10(8-12(13)14)11(9)4-2/h5-7H,3-4,8H2,1-2H3,(H2,13,14). The van der Waals surface area contributed by atoms with Gasteiger partial charge in [0.15, 0.2) is 0 Å². The molecule has 0 radical (unpaired) electrons. The van der Waals surface area contributed by atoms with E-state index in [0.717, 1.165) is 18.4 Å². The van der Waals surface area contributed by atoms with Gasteiger partial charge in [0, 0.05) is 0 Å². The van der Waals surface area contributed by atoms with Crippen molar-refractivity contribution in [1.29, 1.82) is 0 Å². The monoisotopic (exact) mass is 191 g/mol. The summed E-state index contributed by atoms with van der Waals surface area (Å²) in [6.45, 7) is 4.24. The third-order valence-corrected chi connectivity index (χ3v) is 2.47. The summed E-state index contributed by atoms with van der Waals surface area (Å²) < 4.78 is 0. The van der Waals surface area contributed by atoms with Crippen LogP contribution in [0.15, 0.2) is 18.2 Å². The first kappa shape index (κ1) is 10.8. The summed E-state index contributed by atoms with van der Waals surface area (Å²) in [5.41, 5.74) is 8.89. The Morgan fingerprint density at radius 1 is 1.21 bits per heavy atom. The molecule has 0 saturated carbocycles. The van der Waals surface area contributed by atoms with Gasteiger partial charge in [-0.25, -0.2) is 0 Å². The Morgan fingerprint density at radius 3 is 2.36 bits per heavy atom. The zero-order chi connectivity index (χ0) is 10.6. The zero-order valence-corrected chi connectivity index (χ0v) is 8.84. The third-order valence-electron chi connectivity index (χ3n) is 2.47. The van der Waals surface area contributed by atoms with Crippen LogP contribution in [-0.2, 0) is 24.1 Å². The van der Waals surface area contributed by atoms with Crippen molar-refractivity contribution >= 4 is 5.91 Å². The van der Waals surface area contributed by atoms with Crippen molar-refractivity contribution in [3.05, 3.63) is 34.9 Å². The highest BCUT2D eigenvalue weighted by Crippen LogP contribution is 2.16. The number of carbonyl (C=O) groups is 1. The number of hydrogen-bond donors (Lipinski definition) is 1. The van der Waals surface area contributed by atoms with Crippen LogP contribution in [0.3, 0.4) is 0 Å². The predicted octanol–water partition coefficient (Wildman–Crippen LogP) is 1.84. The van der Waals surface area contributed by atoms with Crippen molar-refractivity contribution in [3.63, 3.8) is 0 Å². The van der Waals surface area contributed by atoms with Crippen molar-refractivity contribution in [2.75, 3.05) is 0 Å². The fraction of sp³-hybridized carbons (Fsp3) is 0.417. The maximum atomic E-state index is 10.9. The highest BCUT2D eigenvalue weighted by atomic mass is 16.1. The third kappa shape index (κ3) is 2.34. The lowest BCUT2D eigenvalue weighted by molar-refractivity contribution is -0.117. The first-order valence-corrected chi connectivity index (χ1v) is 5.07. The second kappa shape index (κ2) is 4.80. The summed E-state index contributed by atoms with van der Waals surface area (Å²) in [6.07, 6.45) is 2.33. The van der Waals surface area contributed by atoms with E-state index in [9.17, 15) is 4.79 Å². The smallest absolute Gasteiger partial charge is 0.221 e. The number of primary amides is 1. The van der Waals surface area contributed by atoms with Crippen LogP contribution in [0, 0.1) is 0 Å². The summed E-state index contributed by atoms with van der Waals surface area (Å²) >= 11 is 0. The number of benzene rings is 1. The molecule has 1 rings (SSSR count). The van der Waals surface area contributed by atoms with Crippen LogP contribution >= 0.6 is 0 Å². The molecule has 0 unspecified atom stereocenters. The van der Waals surface area contributed by atoms with Gasteiger partial charge in [-0.2, -0.15) is 0 Å². The Kier molecular flexibility index (Phi) is 3.69. The minimum atomic E-state index is -0.257. The van der Waals surface area contributed by atoms with E-state index in [1.54, 1.807) is 0 Å². The molecule has 76 valence electrons. The normalized spacial score (nSPS) is 10.1. The van der Waals surface area contributed by atoms with Crippen molar-refractivity contribution < 1.29 is 4.79 Å². The Hall–Kier alpha value is -1.31. The average molecular weight is 191 g/mol. The number of carbonyl (C=O) groups excluding carboxylic acids is 1. The topological polar surface area (TPSA) is 43.1 Å². The quantitative estimate of drug-likeness (QED) is 0.775. The van der Waals surface area contributed by atoms with E-state index >= 15 is 0 Å². The molecule has 0 fully saturated rings. The van der Waals surface area contributed by atoms with Crippen LogP contribution in [0.5, 0.6) is 0 Å². The Morgan fingerprint density at radius 2 is 1.86 bits per heavy atom. The molecule has 2 N–H and O–H groups in total. The number of rotatable bonds is 4. The van der Waals surface area contributed by atoms with Gasteiger partial charge >= 0.3 is 0 Å². The molecule has 0 aliphatic rings. The van der Waals surface area contributed by atoms with E-state index in [2.05, 4.69) is 19.9 Å². The van der Waals surface area contributed by atoms with Gasteiger partial charge in [-0.05, 0) is 29.5 Å². The van der Waals surface area contributed by atoms with Gasteiger partial charge in [0.1, 0.15) is 0 Å². The van der Waals surface area contributed by atoms with Crippen molar-refractivity contribution in [1.82, 2.24) is 0 Å². The first-order valence-electron chi connectivity index (χ1n) is 5.07. The number of nitrogens with two attached hydrogens (primary N) is 1. The zero-order valence-electron chi connectivity index (χ0n) is 8.84. The minimum Gasteiger partial charge on any atom is -0.369 e. The molecule has 0 heterocycles. The summed E-state index contributed by atoms with van der Waals surface area (Å²) in [6, 6.07) is 6.10. The molecule has 14 heavy (non-hydrogen) atoms. The molecule has 0 bridgehead atoms. The summed E-state index contributed by atoms with van der Waals surface area (Å²) in [5.74, 6) is -0.257. The molecule has 1 amide bonds. The van der Waals surface area contributed by atoms with E-state index in [0.29, 0.717) is 6.42 Å². The molecular weight excluding hydrogens is 174 g/mol. The largest absolute Gasteiger partial charge is 0.369 e. The maximum absolute atomic E-state index is 10.9. The fourth-order valence-corrected chi connectivity index (χ4v) is 1.83. The van der Waals surface area contributed by atoms with Crippen molar-refractivity contribution in [2.24, 2.45) is 5.73 Å². The van der Waals surface area contributed by atoms with Crippen LogP contribution < -0.4 is 5.73 Å². The molecule has 1 aromatic rings. The van der Waals surface area contributed by atoms with E-state index in [1.165, 1.54) is 11.1 Å². The molecule has 0 aliphatic heterocycles. The summed E-state index contributed by atoms with van der Waals surface area (Å²) in [5, 5.41) is 0. The fourth-order valence-electron chi connectivity index (χ4n) is 1.83. The Bertz CT molecular complexity index is 331. The number of hydrogen-bond acceptors (Lipinski definition) is 1. The SMILES string of the molecule is CCc1cccc(CC(N)=O)c1CC. The predicted molar refractivity (Wildman–Crippen MR) is 58.1 cm³/mol. The molecular formula is C12H17NO. The lowest BCUT2D eigenvalue weighted by atomic mass is 9.95. The molecule has 0 spiro atoms.